The summed E-state index contributed by atoms with van der Waals surface area (Å²) in [6.07, 6.45) is -4.64. The molecule has 1 aromatic rings. The number of ether oxygens (including phenoxy) is 1. The molecule has 0 radical (unpaired) electrons. The molecule has 35 heavy (non-hydrogen) atoms. The topological polar surface area (TPSA) is 117 Å². The van der Waals surface area contributed by atoms with Gasteiger partial charge in [-0.05, 0) is 51.2 Å². The van der Waals surface area contributed by atoms with Gasteiger partial charge in [-0.3, -0.25) is 9.59 Å². The van der Waals surface area contributed by atoms with E-state index in [4.69, 9.17) is 16.3 Å². The molecule has 1 aliphatic heterocycles. The van der Waals surface area contributed by atoms with Gasteiger partial charge in [0.15, 0.2) is 15.9 Å². The first kappa shape index (κ1) is 25.6. The van der Waals surface area contributed by atoms with Gasteiger partial charge < -0.3 is 15.0 Å². The highest BCUT2D eigenvalue weighted by Crippen LogP contribution is 2.39. The van der Waals surface area contributed by atoms with E-state index in [1.54, 1.807) is 0 Å². The van der Waals surface area contributed by atoms with E-state index in [2.05, 4.69) is 5.32 Å². The summed E-state index contributed by atoms with van der Waals surface area (Å²) in [4.78, 5) is 26.7. The SMILES string of the molecule is C[C@H](Oc1ccc(S(=O)(=O)[C@@H]2C[C@H](C(=O)NC3(C#N)CC3)N(C(=O)C3CC3)C2)c(Cl)c1)C(F)(F)F. The van der Waals surface area contributed by atoms with Crippen molar-refractivity contribution in [3.8, 4) is 11.8 Å². The number of nitriles is 1. The number of hydrogen-bond acceptors (Lipinski definition) is 6. The zero-order valence-electron chi connectivity index (χ0n) is 18.6. The number of benzene rings is 1. The summed E-state index contributed by atoms with van der Waals surface area (Å²) < 4.78 is 69.9. The Hall–Kier alpha value is -2.52. The predicted octanol–water partition coefficient (Wildman–Crippen LogP) is 3.00. The lowest BCUT2D eigenvalue weighted by Gasteiger charge is -2.24. The van der Waals surface area contributed by atoms with Crippen molar-refractivity contribution in [3.63, 3.8) is 0 Å². The first-order valence-electron chi connectivity index (χ1n) is 11.1. The van der Waals surface area contributed by atoms with E-state index in [0.29, 0.717) is 25.7 Å². The van der Waals surface area contributed by atoms with Crippen LogP contribution >= 0.6 is 11.6 Å². The Morgan fingerprint density at radius 3 is 2.49 bits per heavy atom. The number of amides is 2. The summed E-state index contributed by atoms with van der Waals surface area (Å²) in [5.74, 6) is -1.39. The molecule has 8 nitrogen and oxygen atoms in total. The number of likely N-dealkylation sites (tertiary alicyclic amines) is 1. The molecule has 1 saturated heterocycles. The van der Waals surface area contributed by atoms with E-state index in [-0.39, 0.29) is 40.5 Å². The first-order valence-corrected chi connectivity index (χ1v) is 13.0. The maximum absolute atomic E-state index is 13.4. The van der Waals surface area contributed by atoms with Crippen LogP contribution in [0.4, 0.5) is 13.2 Å². The lowest BCUT2D eigenvalue weighted by molar-refractivity contribution is -0.189. The van der Waals surface area contributed by atoms with Crippen molar-refractivity contribution in [2.75, 3.05) is 6.54 Å². The molecule has 2 saturated carbocycles. The maximum Gasteiger partial charge on any atom is 0.425 e. The number of nitrogens with zero attached hydrogens (tertiary/aromatic N) is 2. The molecule has 2 aliphatic carbocycles. The smallest absolute Gasteiger partial charge is 0.425 e. The molecule has 3 fully saturated rings. The molecule has 4 rings (SSSR count). The molecular formula is C22H23ClF3N3O5S. The van der Waals surface area contributed by atoms with E-state index >= 15 is 0 Å². The van der Waals surface area contributed by atoms with Crippen LogP contribution in [0.2, 0.25) is 5.02 Å². The molecule has 3 aliphatic rings. The summed E-state index contributed by atoms with van der Waals surface area (Å²) in [6, 6.07) is 4.12. The fraction of sp³-hybridized carbons (Fsp3) is 0.591. The molecule has 1 aromatic carbocycles. The van der Waals surface area contributed by atoms with Crippen LogP contribution < -0.4 is 10.1 Å². The fourth-order valence-corrected chi connectivity index (χ4v) is 6.26. The lowest BCUT2D eigenvalue weighted by atomic mass is 10.1. The second-order valence-corrected chi connectivity index (χ2v) is 11.9. The van der Waals surface area contributed by atoms with Crippen LogP contribution in [0.3, 0.4) is 0 Å². The van der Waals surface area contributed by atoms with Crippen LogP contribution in [0.5, 0.6) is 5.75 Å². The van der Waals surface area contributed by atoms with Crippen LogP contribution in [-0.2, 0) is 19.4 Å². The molecule has 190 valence electrons. The number of hydrogen-bond donors (Lipinski definition) is 1. The minimum atomic E-state index is -4.61. The number of halogens is 4. The van der Waals surface area contributed by atoms with Gasteiger partial charge in [0.2, 0.25) is 11.8 Å². The van der Waals surface area contributed by atoms with Gasteiger partial charge in [0.1, 0.15) is 17.3 Å². The molecule has 3 atom stereocenters. The zero-order valence-corrected chi connectivity index (χ0v) is 20.2. The van der Waals surface area contributed by atoms with Crippen molar-refractivity contribution < 1.29 is 35.9 Å². The number of carbonyl (C=O) groups excluding carboxylic acids is 2. The van der Waals surface area contributed by atoms with Crippen LogP contribution in [0.1, 0.15) is 39.0 Å². The Kier molecular flexibility index (Phi) is 6.47. The number of nitrogens with one attached hydrogen (secondary N) is 1. The van der Waals surface area contributed by atoms with E-state index in [0.717, 1.165) is 25.1 Å². The van der Waals surface area contributed by atoms with Gasteiger partial charge in [0.05, 0.1) is 21.2 Å². The number of alkyl halides is 3. The third kappa shape index (κ3) is 5.21. The highest BCUT2D eigenvalue weighted by molar-refractivity contribution is 7.92. The summed E-state index contributed by atoms with van der Waals surface area (Å²) in [5.41, 5.74) is -0.977. The Labute approximate surface area is 205 Å². The van der Waals surface area contributed by atoms with Gasteiger partial charge in [-0.25, -0.2) is 8.42 Å². The molecule has 0 aromatic heterocycles. The molecule has 0 spiro atoms. The van der Waals surface area contributed by atoms with E-state index in [9.17, 15) is 36.4 Å². The lowest BCUT2D eigenvalue weighted by Crippen LogP contribution is -2.49. The molecule has 13 heteroatoms. The minimum Gasteiger partial charge on any atom is -0.481 e. The summed E-state index contributed by atoms with van der Waals surface area (Å²) in [5, 5.41) is 10.4. The standard InChI is InChI=1S/C22H23ClF3N3O5S/c1-12(22(24,25)26)34-14-4-5-18(16(23)8-14)35(32,33)15-9-17(19(30)28-21(11-27)6-7-21)29(10-15)20(31)13-2-3-13/h4-5,8,12-13,15,17H,2-3,6-7,9-10H2,1H3,(H,28,30)/t12-,15+,17+/m0/s1. The maximum atomic E-state index is 13.4. The number of rotatable bonds is 7. The second kappa shape index (κ2) is 8.85. The van der Waals surface area contributed by atoms with Gasteiger partial charge in [0.25, 0.3) is 0 Å². The average Bonchev–Trinajstić information content (AvgIpc) is 3.70. The second-order valence-electron chi connectivity index (χ2n) is 9.26. The van der Waals surface area contributed by atoms with Gasteiger partial charge in [-0.2, -0.15) is 18.4 Å². The molecule has 1 heterocycles. The normalized spacial score (nSPS) is 24.4. The van der Waals surface area contributed by atoms with Gasteiger partial charge >= 0.3 is 6.18 Å². The molecule has 0 unspecified atom stereocenters. The first-order chi connectivity index (χ1) is 16.3. The van der Waals surface area contributed by atoms with Crippen LogP contribution in [0.25, 0.3) is 0 Å². The van der Waals surface area contributed by atoms with Gasteiger partial charge in [0, 0.05) is 18.5 Å². The Morgan fingerprint density at radius 1 is 1.31 bits per heavy atom. The molecule has 2 amide bonds. The quantitative estimate of drug-likeness (QED) is 0.576. The van der Waals surface area contributed by atoms with Gasteiger partial charge in [-0.15, -0.1) is 0 Å². The molecular weight excluding hydrogens is 511 g/mol. The summed E-state index contributed by atoms with van der Waals surface area (Å²) in [6.45, 7) is 0.584. The highest BCUT2D eigenvalue weighted by atomic mass is 35.5. The third-order valence-electron chi connectivity index (χ3n) is 6.52. The summed E-state index contributed by atoms with van der Waals surface area (Å²) in [7, 11) is -4.16. The Morgan fingerprint density at radius 2 is 1.97 bits per heavy atom. The van der Waals surface area contributed by atoms with Crippen molar-refractivity contribution >= 4 is 33.3 Å². The van der Waals surface area contributed by atoms with Gasteiger partial charge in [-0.1, -0.05) is 11.6 Å². The average molecular weight is 534 g/mol. The molecule has 0 bridgehead atoms. The van der Waals surface area contributed by atoms with Crippen molar-refractivity contribution in [2.24, 2.45) is 5.92 Å². The van der Waals surface area contributed by atoms with Crippen molar-refractivity contribution in [3.05, 3.63) is 23.2 Å². The molecule has 1 N–H and O–H groups in total. The van der Waals surface area contributed by atoms with Crippen molar-refractivity contribution in [2.45, 2.75) is 73.0 Å². The van der Waals surface area contributed by atoms with Crippen molar-refractivity contribution in [1.29, 1.82) is 5.26 Å². The van der Waals surface area contributed by atoms with Crippen LogP contribution in [-0.4, -0.2) is 60.8 Å². The third-order valence-corrected chi connectivity index (χ3v) is 9.14. The summed E-state index contributed by atoms with van der Waals surface area (Å²) >= 11 is 6.13. The van der Waals surface area contributed by atoms with Crippen molar-refractivity contribution in [1.82, 2.24) is 10.2 Å². The number of sulfone groups is 1. The highest BCUT2D eigenvalue weighted by Gasteiger charge is 2.52. The monoisotopic (exact) mass is 533 g/mol. The zero-order chi connectivity index (χ0) is 25.8. The predicted molar refractivity (Wildman–Crippen MR) is 117 cm³/mol. The van der Waals surface area contributed by atoms with E-state index in [1.807, 2.05) is 6.07 Å². The van der Waals surface area contributed by atoms with Crippen LogP contribution in [0.15, 0.2) is 23.1 Å². The Bertz CT molecular complexity index is 1190. The van der Waals surface area contributed by atoms with E-state index < -0.39 is 44.9 Å². The van der Waals surface area contributed by atoms with E-state index in [1.165, 1.54) is 4.90 Å². The Balaban J connectivity index is 1.55. The fourth-order valence-electron chi connectivity index (χ4n) is 4.02. The number of carbonyl (C=O) groups is 2. The minimum absolute atomic E-state index is 0.187. The van der Waals surface area contributed by atoms with Crippen LogP contribution in [0, 0.1) is 17.2 Å². The largest absolute Gasteiger partial charge is 0.481 e.